The largest absolute Gasteiger partial charge is 0.481 e. The van der Waals surface area contributed by atoms with E-state index in [-0.39, 0.29) is 17.7 Å². The van der Waals surface area contributed by atoms with Crippen molar-refractivity contribution in [3.63, 3.8) is 0 Å². The molecule has 1 aromatic carbocycles. The molecule has 0 aliphatic carbocycles. The Labute approximate surface area is 122 Å². The lowest BCUT2D eigenvalue weighted by molar-refractivity contribution is -0.385. The highest BCUT2D eigenvalue weighted by molar-refractivity contribution is 5.66. The fourth-order valence-electron chi connectivity index (χ4n) is 1.88. The number of carbonyl (C=O) groups is 1. The number of nitro benzene ring substituents is 1. The molecule has 0 aliphatic rings. The summed E-state index contributed by atoms with van der Waals surface area (Å²) < 4.78 is 0. The zero-order valence-electron chi connectivity index (χ0n) is 11.5. The second-order valence-corrected chi connectivity index (χ2v) is 4.59. The number of nitrogens with one attached hydrogen (secondary N) is 1. The van der Waals surface area contributed by atoms with Crippen LogP contribution in [0.4, 0.5) is 11.4 Å². The van der Waals surface area contributed by atoms with Crippen molar-refractivity contribution in [1.82, 2.24) is 0 Å². The summed E-state index contributed by atoms with van der Waals surface area (Å²) in [6, 6.07) is 6.16. The van der Waals surface area contributed by atoms with Crippen LogP contribution in [-0.4, -0.2) is 22.5 Å². The van der Waals surface area contributed by atoms with Gasteiger partial charge in [0.1, 0.15) is 11.6 Å². The fourth-order valence-corrected chi connectivity index (χ4v) is 1.88. The van der Waals surface area contributed by atoms with Crippen molar-refractivity contribution >= 4 is 17.3 Å². The Morgan fingerprint density at radius 3 is 2.67 bits per heavy atom. The van der Waals surface area contributed by atoms with Gasteiger partial charge in [0, 0.05) is 24.7 Å². The fraction of sp³-hybridized carbons (Fsp3) is 0.429. The van der Waals surface area contributed by atoms with Gasteiger partial charge in [0.2, 0.25) is 0 Å². The molecule has 1 rings (SSSR count). The van der Waals surface area contributed by atoms with Crippen molar-refractivity contribution in [3.05, 3.63) is 33.9 Å². The van der Waals surface area contributed by atoms with Crippen LogP contribution in [0.2, 0.25) is 0 Å². The summed E-state index contributed by atoms with van der Waals surface area (Å²) in [5.41, 5.74) is 0.505. The minimum Gasteiger partial charge on any atom is -0.481 e. The highest BCUT2D eigenvalue weighted by atomic mass is 16.6. The Kier molecular flexibility index (Phi) is 6.68. The molecular formula is C14H17N3O4. The Morgan fingerprint density at radius 2 is 2.05 bits per heavy atom. The molecule has 0 unspecified atom stereocenters. The summed E-state index contributed by atoms with van der Waals surface area (Å²) in [5.74, 6) is -0.775. The van der Waals surface area contributed by atoms with Gasteiger partial charge in [0.25, 0.3) is 5.69 Å². The van der Waals surface area contributed by atoms with Gasteiger partial charge in [-0.2, -0.15) is 5.26 Å². The van der Waals surface area contributed by atoms with Crippen LogP contribution in [0.5, 0.6) is 0 Å². The number of anilines is 1. The number of aliphatic carboxylic acids is 1. The average molecular weight is 291 g/mol. The lowest BCUT2D eigenvalue weighted by Crippen LogP contribution is -2.02. The molecule has 0 aromatic heterocycles. The number of nitriles is 1. The molecule has 0 atom stereocenters. The molecule has 21 heavy (non-hydrogen) atoms. The van der Waals surface area contributed by atoms with E-state index in [4.69, 9.17) is 10.4 Å². The number of hydrogen-bond donors (Lipinski definition) is 2. The van der Waals surface area contributed by atoms with E-state index in [0.717, 1.165) is 19.3 Å². The standard InChI is InChI=1S/C14H17N3O4/c15-10-11-9-12(6-7-13(11)17(20)21)16-8-4-2-1-3-5-14(18)19/h6-7,9,16H,1-5,8H2,(H,18,19). The van der Waals surface area contributed by atoms with Gasteiger partial charge in [0.15, 0.2) is 0 Å². The number of unbranched alkanes of at least 4 members (excludes halogenated alkanes) is 3. The van der Waals surface area contributed by atoms with Gasteiger partial charge in [-0.25, -0.2) is 0 Å². The van der Waals surface area contributed by atoms with E-state index in [0.29, 0.717) is 18.7 Å². The molecular weight excluding hydrogens is 274 g/mol. The van der Waals surface area contributed by atoms with Crippen LogP contribution >= 0.6 is 0 Å². The molecule has 0 radical (unpaired) electrons. The van der Waals surface area contributed by atoms with Crippen LogP contribution in [0.3, 0.4) is 0 Å². The third-order valence-corrected chi connectivity index (χ3v) is 2.96. The van der Waals surface area contributed by atoms with Crippen molar-refractivity contribution in [3.8, 4) is 6.07 Å². The van der Waals surface area contributed by atoms with Gasteiger partial charge in [-0.05, 0) is 25.0 Å². The van der Waals surface area contributed by atoms with E-state index in [2.05, 4.69) is 5.32 Å². The first-order valence-electron chi connectivity index (χ1n) is 6.69. The van der Waals surface area contributed by atoms with E-state index in [1.807, 2.05) is 6.07 Å². The molecule has 0 spiro atoms. The Balaban J connectivity index is 2.35. The van der Waals surface area contributed by atoms with Gasteiger partial charge in [-0.1, -0.05) is 12.8 Å². The van der Waals surface area contributed by atoms with Crippen molar-refractivity contribution in [2.75, 3.05) is 11.9 Å². The Morgan fingerprint density at radius 1 is 1.33 bits per heavy atom. The Bertz CT molecular complexity index is 552. The molecule has 0 heterocycles. The average Bonchev–Trinajstić information content (AvgIpc) is 2.45. The van der Waals surface area contributed by atoms with Crippen molar-refractivity contribution in [1.29, 1.82) is 5.26 Å². The van der Waals surface area contributed by atoms with Gasteiger partial charge in [-0.15, -0.1) is 0 Å². The molecule has 0 saturated carbocycles. The summed E-state index contributed by atoms with van der Waals surface area (Å²) in [4.78, 5) is 20.4. The summed E-state index contributed by atoms with van der Waals surface area (Å²) in [7, 11) is 0. The third-order valence-electron chi connectivity index (χ3n) is 2.96. The number of rotatable bonds is 9. The summed E-state index contributed by atoms with van der Waals surface area (Å²) in [6.45, 7) is 0.676. The SMILES string of the molecule is N#Cc1cc(NCCCCCCC(=O)O)ccc1[N+](=O)[O-]. The van der Waals surface area contributed by atoms with E-state index in [1.165, 1.54) is 12.1 Å². The molecule has 7 nitrogen and oxygen atoms in total. The summed E-state index contributed by atoms with van der Waals surface area (Å²) in [6.07, 6.45) is 3.52. The Hall–Kier alpha value is -2.62. The number of nitro groups is 1. The van der Waals surface area contributed by atoms with Crippen molar-refractivity contribution < 1.29 is 14.8 Å². The van der Waals surface area contributed by atoms with E-state index in [1.54, 1.807) is 6.07 Å². The van der Waals surface area contributed by atoms with E-state index < -0.39 is 10.9 Å². The maximum absolute atomic E-state index is 10.7. The molecule has 0 amide bonds. The lowest BCUT2D eigenvalue weighted by atomic mass is 10.1. The monoisotopic (exact) mass is 291 g/mol. The second-order valence-electron chi connectivity index (χ2n) is 4.59. The van der Waals surface area contributed by atoms with Gasteiger partial charge < -0.3 is 10.4 Å². The van der Waals surface area contributed by atoms with Crippen LogP contribution in [0.15, 0.2) is 18.2 Å². The third kappa shape index (κ3) is 5.91. The zero-order valence-corrected chi connectivity index (χ0v) is 11.5. The van der Waals surface area contributed by atoms with E-state index >= 15 is 0 Å². The van der Waals surface area contributed by atoms with Crippen LogP contribution < -0.4 is 5.32 Å². The minimum absolute atomic E-state index is 0.0338. The number of nitrogens with zero attached hydrogens (tertiary/aromatic N) is 2. The summed E-state index contributed by atoms with van der Waals surface area (Å²) >= 11 is 0. The lowest BCUT2D eigenvalue weighted by Gasteiger charge is -2.06. The number of hydrogen-bond acceptors (Lipinski definition) is 5. The highest BCUT2D eigenvalue weighted by Gasteiger charge is 2.13. The normalized spacial score (nSPS) is 9.86. The molecule has 2 N–H and O–H groups in total. The first-order valence-corrected chi connectivity index (χ1v) is 6.69. The topological polar surface area (TPSA) is 116 Å². The molecule has 0 saturated heterocycles. The molecule has 112 valence electrons. The molecule has 0 aliphatic heterocycles. The van der Waals surface area contributed by atoms with Gasteiger partial charge >= 0.3 is 5.97 Å². The predicted molar refractivity (Wildman–Crippen MR) is 77.0 cm³/mol. The first-order chi connectivity index (χ1) is 10.0. The first kappa shape index (κ1) is 16.4. The number of carboxylic acid groups (broad SMARTS) is 1. The molecule has 0 bridgehead atoms. The maximum Gasteiger partial charge on any atom is 0.303 e. The maximum atomic E-state index is 10.7. The van der Waals surface area contributed by atoms with Gasteiger partial charge in [0.05, 0.1) is 4.92 Å². The van der Waals surface area contributed by atoms with Crippen LogP contribution in [-0.2, 0) is 4.79 Å². The quantitative estimate of drug-likeness (QED) is 0.410. The number of carboxylic acids is 1. The molecule has 1 aromatic rings. The van der Waals surface area contributed by atoms with Crippen LogP contribution in [0, 0.1) is 21.4 Å². The summed E-state index contributed by atoms with van der Waals surface area (Å²) in [5, 5.41) is 31.2. The predicted octanol–water partition coefficient (Wildman–Crippen LogP) is 2.91. The van der Waals surface area contributed by atoms with Gasteiger partial charge in [-0.3, -0.25) is 14.9 Å². The smallest absolute Gasteiger partial charge is 0.303 e. The van der Waals surface area contributed by atoms with Crippen LogP contribution in [0.1, 0.15) is 37.7 Å². The van der Waals surface area contributed by atoms with Crippen molar-refractivity contribution in [2.45, 2.75) is 32.1 Å². The van der Waals surface area contributed by atoms with Crippen LogP contribution in [0.25, 0.3) is 0 Å². The second kappa shape index (κ2) is 8.53. The molecule has 0 fully saturated rings. The van der Waals surface area contributed by atoms with E-state index in [9.17, 15) is 14.9 Å². The van der Waals surface area contributed by atoms with Crippen molar-refractivity contribution in [2.24, 2.45) is 0 Å². The number of benzene rings is 1. The highest BCUT2D eigenvalue weighted by Crippen LogP contribution is 2.21. The zero-order chi connectivity index (χ0) is 15.7. The molecule has 7 heteroatoms. The minimum atomic E-state index is -0.775.